The van der Waals surface area contributed by atoms with Crippen molar-refractivity contribution in [3.05, 3.63) is 52.7 Å². The topological polar surface area (TPSA) is 50.9 Å². The number of anilines is 2. The van der Waals surface area contributed by atoms with Gasteiger partial charge in [-0.3, -0.25) is 0 Å². The minimum atomic E-state index is 0.138. The fraction of sp³-hybridized carbons (Fsp3) is 0.214. The van der Waals surface area contributed by atoms with E-state index in [4.69, 9.17) is 17.3 Å². The third-order valence-corrected chi connectivity index (χ3v) is 3.10. The van der Waals surface area contributed by atoms with Crippen LogP contribution < -0.4 is 11.1 Å². The highest BCUT2D eigenvalue weighted by molar-refractivity contribution is 6.30. The number of nitrogens with zero attached hydrogens (tertiary/aromatic N) is 1. The van der Waals surface area contributed by atoms with Crippen LogP contribution in [0.1, 0.15) is 24.1 Å². The van der Waals surface area contributed by atoms with Gasteiger partial charge in [-0.05, 0) is 43.2 Å². The highest BCUT2D eigenvalue weighted by atomic mass is 35.5. The van der Waals surface area contributed by atoms with Crippen LogP contribution >= 0.6 is 11.6 Å². The summed E-state index contributed by atoms with van der Waals surface area (Å²) in [6, 6.07) is 9.87. The number of nitrogens with one attached hydrogen (secondary N) is 1. The van der Waals surface area contributed by atoms with Crippen molar-refractivity contribution < 1.29 is 0 Å². The van der Waals surface area contributed by atoms with Crippen molar-refractivity contribution in [3.8, 4) is 0 Å². The summed E-state index contributed by atoms with van der Waals surface area (Å²) in [5.74, 6) is 0.814. The fourth-order valence-electron chi connectivity index (χ4n) is 1.73. The van der Waals surface area contributed by atoms with Crippen LogP contribution in [0.3, 0.4) is 0 Å². The number of pyridine rings is 1. The van der Waals surface area contributed by atoms with Crippen LogP contribution in [-0.2, 0) is 0 Å². The predicted molar refractivity (Wildman–Crippen MR) is 76.9 cm³/mol. The van der Waals surface area contributed by atoms with E-state index in [0.717, 1.165) is 22.0 Å². The van der Waals surface area contributed by atoms with Crippen LogP contribution in [0.5, 0.6) is 0 Å². The van der Waals surface area contributed by atoms with Crippen molar-refractivity contribution in [2.75, 3.05) is 11.1 Å². The molecule has 0 saturated carbocycles. The first kappa shape index (κ1) is 12.7. The quantitative estimate of drug-likeness (QED) is 0.884. The maximum atomic E-state index is 5.98. The summed E-state index contributed by atoms with van der Waals surface area (Å²) in [6.45, 7) is 4.03. The number of hydrogen-bond donors (Lipinski definition) is 2. The Morgan fingerprint density at radius 3 is 2.78 bits per heavy atom. The van der Waals surface area contributed by atoms with Crippen LogP contribution in [0.25, 0.3) is 0 Å². The number of nitrogen functional groups attached to an aromatic ring is 1. The van der Waals surface area contributed by atoms with E-state index in [1.807, 2.05) is 37.3 Å². The van der Waals surface area contributed by atoms with Gasteiger partial charge in [0.25, 0.3) is 0 Å². The molecule has 1 atom stereocenters. The molecule has 1 unspecified atom stereocenters. The van der Waals surface area contributed by atoms with Gasteiger partial charge in [-0.2, -0.15) is 0 Å². The predicted octanol–water partition coefficient (Wildman–Crippen LogP) is 3.80. The van der Waals surface area contributed by atoms with Gasteiger partial charge in [0.1, 0.15) is 5.82 Å². The molecule has 0 aliphatic carbocycles. The summed E-state index contributed by atoms with van der Waals surface area (Å²) in [4.78, 5) is 4.26. The number of nitrogens with two attached hydrogens (primary N) is 1. The Kier molecular flexibility index (Phi) is 3.72. The van der Waals surface area contributed by atoms with Gasteiger partial charge in [-0.1, -0.05) is 23.7 Å². The van der Waals surface area contributed by atoms with Crippen LogP contribution in [-0.4, -0.2) is 4.98 Å². The smallest absolute Gasteiger partial charge is 0.126 e. The Balaban J connectivity index is 2.16. The molecule has 3 N–H and O–H groups in total. The van der Waals surface area contributed by atoms with E-state index in [0.29, 0.717) is 5.69 Å². The molecule has 3 nitrogen and oxygen atoms in total. The summed E-state index contributed by atoms with van der Waals surface area (Å²) in [5.41, 5.74) is 8.59. The molecule has 94 valence electrons. The molecule has 0 aliphatic rings. The van der Waals surface area contributed by atoms with Gasteiger partial charge in [0.2, 0.25) is 0 Å². The van der Waals surface area contributed by atoms with Crippen LogP contribution in [0, 0.1) is 6.92 Å². The van der Waals surface area contributed by atoms with Crippen molar-refractivity contribution in [2.24, 2.45) is 0 Å². The van der Waals surface area contributed by atoms with Gasteiger partial charge < -0.3 is 11.1 Å². The summed E-state index contributed by atoms with van der Waals surface area (Å²) in [6.07, 6.45) is 1.67. The lowest BCUT2D eigenvalue weighted by atomic mass is 10.1. The molecule has 1 heterocycles. The monoisotopic (exact) mass is 261 g/mol. The van der Waals surface area contributed by atoms with E-state index in [2.05, 4.69) is 17.2 Å². The number of benzene rings is 1. The number of aryl methyl sites for hydroxylation is 1. The third kappa shape index (κ3) is 2.93. The van der Waals surface area contributed by atoms with Gasteiger partial charge in [0.15, 0.2) is 0 Å². The van der Waals surface area contributed by atoms with E-state index < -0.39 is 0 Å². The molecule has 0 aliphatic heterocycles. The van der Waals surface area contributed by atoms with Crippen molar-refractivity contribution in [1.82, 2.24) is 4.98 Å². The summed E-state index contributed by atoms with van der Waals surface area (Å²) < 4.78 is 0. The summed E-state index contributed by atoms with van der Waals surface area (Å²) in [5, 5.41) is 4.07. The zero-order chi connectivity index (χ0) is 13.1. The SMILES string of the molecule is Cc1cc(NC(C)c2cccc(Cl)c2)ncc1N. The van der Waals surface area contributed by atoms with Crippen LogP contribution in [0.2, 0.25) is 5.02 Å². The molecule has 0 radical (unpaired) electrons. The average molecular weight is 262 g/mol. The zero-order valence-electron chi connectivity index (χ0n) is 10.4. The van der Waals surface area contributed by atoms with Gasteiger partial charge in [0, 0.05) is 11.1 Å². The number of halogens is 1. The molecule has 4 heteroatoms. The minimum Gasteiger partial charge on any atom is -0.397 e. The lowest BCUT2D eigenvalue weighted by Gasteiger charge is -2.15. The molecule has 0 spiro atoms. The second-order valence-electron chi connectivity index (χ2n) is 4.35. The third-order valence-electron chi connectivity index (χ3n) is 2.86. The van der Waals surface area contributed by atoms with Crippen molar-refractivity contribution in [1.29, 1.82) is 0 Å². The van der Waals surface area contributed by atoms with Gasteiger partial charge in [0.05, 0.1) is 11.9 Å². The lowest BCUT2D eigenvalue weighted by molar-refractivity contribution is 0.874. The molecule has 1 aromatic carbocycles. The van der Waals surface area contributed by atoms with Gasteiger partial charge in [-0.25, -0.2) is 4.98 Å². The second kappa shape index (κ2) is 5.27. The van der Waals surface area contributed by atoms with E-state index in [9.17, 15) is 0 Å². The minimum absolute atomic E-state index is 0.138. The molecule has 0 bridgehead atoms. The maximum Gasteiger partial charge on any atom is 0.126 e. The van der Waals surface area contributed by atoms with Crippen LogP contribution in [0.15, 0.2) is 36.5 Å². The fourth-order valence-corrected chi connectivity index (χ4v) is 1.93. The van der Waals surface area contributed by atoms with Crippen molar-refractivity contribution in [2.45, 2.75) is 19.9 Å². The molecular weight excluding hydrogens is 246 g/mol. The highest BCUT2D eigenvalue weighted by Gasteiger charge is 2.07. The van der Waals surface area contributed by atoms with E-state index >= 15 is 0 Å². The lowest BCUT2D eigenvalue weighted by Crippen LogP contribution is -2.08. The Labute approximate surface area is 112 Å². The molecule has 0 saturated heterocycles. The Morgan fingerprint density at radius 1 is 1.33 bits per heavy atom. The summed E-state index contributed by atoms with van der Waals surface area (Å²) in [7, 11) is 0. The van der Waals surface area contributed by atoms with Crippen molar-refractivity contribution >= 4 is 23.1 Å². The molecule has 2 aromatic rings. The molecule has 18 heavy (non-hydrogen) atoms. The normalized spacial score (nSPS) is 12.2. The van der Waals surface area contributed by atoms with E-state index in [-0.39, 0.29) is 6.04 Å². The first-order chi connectivity index (χ1) is 8.56. The molecule has 0 fully saturated rings. The Bertz CT molecular complexity index is 554. The standard InChI is InChI=1S/C14H16ClN3/c1-9-6-14(17-8-13(9)16)18-10(2)11-4-3-5-12(15)7-11/h3-8,10H,16H2,1-2H3,(H,17,18). The van der Waals surface area contributed by atoms with Crippen LogP contribution in [0.4, 0.5) is 11.5 Å². The van der Waals surface area contributed by atoms with E-state index in [1.165, 1.54) is 0 Å². The molecule has 1 aromatic heterocycles. The molecule has 2 rings (SSSR count). The van der Waals surface area contributed by atoms with E-state index in [1.54, 1.807) is 6.20 Å². The van der Waals surface area contributed by atoms with Gasteiger partial charge >= 0.3 is 0 Å². The zero-order valence-corrected chi connectivity index (χ0v) is 11.2. The van der Waals surface area contributed by atoms with Crippen molar-refractivity contribution in [3.63, 3.8) is 0 Å². The first-order valence-electron chi connectivity index (χ1n) is 5.80. The van der Waals surface area contributed by atoms with Gasteiger partial charge in [-0.15, -0.1) is 0 Å². The first-order valence-corrected chi connectivity index (χ1v) is 6.18. The number of rotatable bonds is 3. The number of hydrogen-bond acceptors (Lipinski definition) is 3. The molecular formula is C14H16ClN3. The maximum absolute atomic E-state index is 5.98. The molecule has 0 amide bonds. The second-order valence-corrected chi connectivity index (χ2v) is 4.78. The highest BCUT2D eigenvalue weighted by Crippen LogP contribution is 2.22. The number of aromatic nitrogens is 1. The summed E-state index contributed by atoms with van der Waals surface area (Å²) >= 11 is 5.98. The average Bonchev–Trinajstić information content (AvgIpc) is 2.34. The Hall–Kier alpha value is -1.74. The Morgan fingerprint density at radius 2 is 2.11 bits per heavy atom. The largest absolute Gasteiger partial charge is 0.397 e.